The number of nitro benzene ring substituents is 1. The van der Waals surface area contributed by atoms with Crippen molar-refractivity contribution in [1.29, 1.82) is 0 Å². The average Bonchev–Trinajstić information content (AvgIpc) is 3.44. The summed E-state index contributed by atoms with van der Waals surface area (Å²) in [6, 6.07) is 7.85. The lowest BCUT2D eigenvalue weighted by atomic mass is 10.0. The average molecular weight is 668 g/mol. The second-order valence-corrected chi connectivity index (χ2v) is 14.3. The van der Waals surface area contributed by atoms with Crippen LogP contribution in [0.15, 0.2) is 53.0 Å². The van der Waals surface area contributed by atoms with Crippen LogP contribution in [0.1, 0.15) is 31.2 Å². The summed E-state index contributed by atoms with van der Waals surface area (Å²) in [6.45, 7) is 3.53. The van der Waals surface area contributed by atoms with Crippen LogP contribution in [0.25, 0.3) is 0 Å². The van der Waals surface area contributed by atoms with Crippen molar-refractivity contribution in [3.63, 3.8) is 0 Å². The van der Waals surface area contributed by atoms with E-state index in [0.29, 0.717) is 5.56 Å². The van der Waals surface area contributed by atoms with Crippen LogP contribution in [-0.4, -0.2) is 75.7 Å². The van der Waals surface area contributed by atoms with Gasteiger partial charge in [-0.3, -0.25) is 24.6 Å². The SMILES string of the molecule is CC(C)(C)OC(=O)N(CC1=C(C(=O)OCc2ccc([N+](=O)[O-])cc2)N2C(=O)C(NC(=O)Cc3cccs3)[C@H]2SC1)S(N)(=O)=O. The number of fused-ring (bicyclic) bond motifs is 1. The predicted octanol–water partition coefficient (Wildman–Crippen LogP) is 2.04. The van der Waals surface area contributed by atoms with E-state index in [0.717, 1.165) is 21.5 Å². The largest absolute Gasteiger partial charge is 0.456 e. The number of β-lactam (4-membered cyclic amide) rings is 1. The van der Waals surface area contributed by atoms with Gasteiger partial charge in [0.1, 0.15) is 29.3 Å². The first-order valence-electron chi connectivity index (χ1n) is 13.0. The van der Waals surface area contributed by atoms with Gasteiger partial charge in [-0.05, 0) is 55.5 Å². The van der Waals surface area contributed by atoms with Gasteiger partial charge in [-0.25, -0.2) is 14.7 Å². The second kappa shape index (κ2) is 12.9. The fourth-order valence-corrected chi connectivity index (χ4v) is 6.88. The van der Waals surface area contributed by atoms with Crippen LogP contribution in [0.4, 0.5) is 10.5 Å². The minimum Gasteiger partial charge on any atom is -0.456 e. The van der Waals surface area contributed by atoms with E-state index in [1.54, 1.807) is 12.1 Å². The number of ether oxygens (including phenoxy) is 2. The molecule has 4 rings (SSSR count). The quantitative estimate of drug-likeness (QED) is 0.162. The summed E-state index contributed by atoms with van der Waals surface area (Å²) in [5.41, 5.74) is -1.10. The van der Waals surface area contributed by atoms with E-state index in [9.17, 15) is 37.7 Å². The van der Waals surface area contributed by atoms with Crippen molar-refractivity contribution < 1.29 is 42.0 Å². The number of nitrogens with zero attached hydrogens (tertiary/aromatic N) is 3. The molecular weight excluding hydrogens is 639 g/mol. The Balaban J connectivity index is 1.60. The number of nitro groups is 1. The van der Waals surface area contributed by atoms with Crippen LogP contribution in [0.5, 0.6) is 0 Å². The number of esters is 1. The number of benzene rings is 1. The number of thioether (sulfide) groups is 1. The normalized spacial score (nSPS) is 18.2. The lowest BCUT2D eigenvalue weighted by Crippen LogP contribution is -2.71. The summed E-state index contributed by atoms with van der Waals surface area (Å²) in [5.74, 6) is -2.07. The molecule has 2 aliphatic rings. The fourth-order valence-electron chi connectivity index (χ4n) is 4.26. The van der Waals surface area contributed by atoms with E-state index in [2.05, 4.69) is 5.32 Å². The molecule has 2 aliphatic heterocycles. The van der Waals surface area contributed by atoms with Gasteiger partial charge in [0.05, 0.1) is 17.9 Å². The molecule has 44 heavy (non-hydrogen) atoms. The van der Waals surface area contributed by atoms with Gasteiger partial charge in [0, 0.05) is 22.8 Å². The van der Waals surface area contributed by atoms with Gasteiger partial charge in [-0.1, -0.05) is 6.07 Å². The van der Waals surface area contributed by atoms with Gasteiger partial charge in [0.25, 0.3) is 11.6 Å². The van der Waals surface area contributed by atoms with E-state index >= 15 is 0 Å². The van der Waals surface area contributed by atoms with E-state index in [4.69, 9.17) is 14.6 Å². The maximum Gasteiger partial charge on any atom is 0.425 e. The minimum atomic E-state index is -4.68. The summed E-state index contributed by atoms with van der Waals surface area (Å²) >= 11 is 2.54. The molecule has 3 N–H and O–H groups in total. The summed E-state index contributed by atoms with van der Waals surface area (Å²) in [7, 11) is -4.68. The number of hydrogen-bond donors (Lipinski definition) is 2. The summed E-state index contributed by atoms with van der Waals surface area (Å²) in [5, 5.41) is 20.0. The minimum absolute atomic E-state index is 0.0253. The van der Waals surface area contributed by atoms with Crippen LogP contribution in [-0.2, 0) is 47.1 Å². The first kappa shape index (κ1) is 32.9. The Bertz CT molecular complexity index is 1600. The number of nitrogens with one attached hydrogen (secondary N) is 1. The Morgan fingerprint density at radius 1 is 1.20 bits per heavy atom. The number of nitrogens with two attached hydrogens (primary N) is 1. The number of rotatable bonds is 10. The van der Waals surface area contributed by atoms with Crippen molar-refractivity contribution in [3.8, 4) is 0 Å². The molecule has 18 heteroatoms. The number of carbonyl (C=O) groups is 4. The first-order chi connectivity index (χ1) is 20.5. The summed E-state index contributed by atoms with van der Waals surface area (Å²) in [4.78, 5) is 64.4. The Labute approximate surface area is 260 Å². The van der Waals surface area contributed by atoms with Crippen molar-refractivity contribution in [2.75, 3.05) is 12.3 Å². The third-order valence-electron chi connectivity index (χ3n) is 6.23. The third kappa shape index (κ3) is 7.74. The number of non-ortho nitro benzene ring substituents is 1. The van der Waals surface area contributed by atoms with Crippen LogP contribution in [0.2, 0.25) is 0 Å². The number of thiophene rings is 1. The van der Waals surface area contributed by atoms with Gasteiger partial charge >= 0.3 is 22.3 Å². The predicted molar refractivity (Wildman–Crippen MR) is 159 cm³/mol. The van der Waals surface area contributed by atoms with Crippen molar-refractivity contribution in [3.05, 3.63) is 73.6 Å². The fraction of sp³-hybridized carbons (Fsp3) is 0.385. The third-order valence-corrected chi connectivity index (χ3v) is 9.34. The molecule has 3 amide bonds. The number of hydrogen-bond acceptors (Lipinski definition) is 12. The molecule has 1 unspecified atom stereocenters. The molecule has 2 atom stereocenters. The molecule has 15 nitrogen and oxygen atoms in total. The van der Waals surface area contributed by atoms with E-state index in [1.165, 1.54) is 56.4 Å². The van der Waals surface area contributed by atoms with Gasteiger partial charge in [0.15, 0.2) is 0 Å². The highest BCUT2D eigenvalue weighted by atomic mass is 32.2. The van der Waals surface area contributed by atoms with E-state index in [1.807, 2.05) is 5.38 Å². The molecule has 1 aromatic carbocycles. The molecule has 1 aromatic heterocycles. The molecule has 0 spiro atoms. The molecule has 0 aliphatic carbocycles. The standard InChI is InChI=1S/C26H29N5O10S3/c1-26(2,3)41-25(35)29(44(27,38)39)12-16-14-43-23-20(28-19(32)11-18-5-4-10-42-18)22(33)30(23)21(16)24(34)40-13-15-6-8-17(9-7-15)31(36)37/h4-10,20,23H,11-14H2,1-3H3,(H,28,32)(H2,27,38,39)/t20?,23-/m1/s1. The monoisotopic (exact) mass is 667 g/mol. The Kier molecular flexibility index (Phi) is 9.67. The number of amides is 3. The maximum atomic E-state index is 13.5. The number of carbonyl (C=O) groups excluding carboxylic acids is 4. The Morgan fingerprint density at radius 3 is 2.45 bits per heavy atom. The van der Waals surface area contributed by atoms with Crippen LogP contribution < -0.4 is 10.5 Å². The summed E-state index contributed by atoms with van der Waals surface area (Å²) < 4.78 is 35.7. The van der Waals surface area contributed by atoms with Crippen molar-refractivity contribution in [1.82, 2.24) is 14.5 Å². The molecule has 0 saturated carbocycles. The van der Waals surface area contributed by atoms with Crippen molar-refractivity contribution in [2.45, 2.75) is 50.8 Å². The second-order valence-electron chi connectivity index (χ2n) is 10.7. The van der Waals surface area contributed by atoms with Crippen molar-refractivity contribution >= 4 is 62.9 Å². The van der Waals surface area contributed by atoms with Gasteiger partial charge in [0.2, 0.25) is 5.91 Å². The molecule has 236 valence electrons. The molecule has 1 fully saturated rings. The Morgan fingerprint density at radius 2 is 1.89 bits per heavy atom. The molecule has 0 radical (unpaired) electrons. The lowest BCUT2D eigenvalue weighted by Gasteiger charge is -2.50. The Hall–Kier alpha value is -4.00. The highest BCUT2D eigenvalue weighted by Gasteiger charge is 2.54. The molecule has 1 saturated heterocycles. The topological polar surface area (TPSA) is 209 Å². The molecular formula is C26H29N5O10S3. The highest BCUT2D eigenvalue weighted by Crippen LogP contribution is 2.41. The van der Waals surface area contributed by atoms with Crippen molar-refractivity contribution in [2.24, 2.45) is 5.14 Å². The molecule has 0 bridgehead atoms. The lowest BCUT2D eigenvalue weighted by molar-refractivity contribution is -0.384. The van der Waals surface area contributed by atoms with Gasteiger partial charge < -0.3 is 14.8 Å². The van der Waals surface area contributed by atoms with Gasteiger partial charge in [-0.2, -0.15) is 12.7 Å². The summed E-state index contributed by atoms with van der Waals surface area (Å²) in [6.07, 6.45) is -1.23. The zero-order chi connectivity index (χ0) is 32.4. The van der Waals surface area contributed by atoms with Crippen LogP contribution in [0, 0.1) is 10.1 Å². The van der Waals surface area contributed by atoms with Crippen LogP contribution in [0.3, 0.4) is 0 Å². The zero-order valence-electron chi connectivity index (χ0n) is 23.8. The first-order valence-corrected chi connectivity index (χ1v) is 16.4. The van der Waals surface area contributed by atoms with Gasteiger partial charge in [-0.15, -0.1) is 23.1 Å². The molecule has 3 heterocycles. The zero-order valence-corrected chi connectivity index (χ0v) is 26.2. The van der Waals surface area contributed by atoms with E-state index in [-0.39, 0.29) is 40.0 Å². The van der Waals surface area contributed by atoms with Crippen LogP contribution >= 0.6 is 23.1 Å². The smallest absolute Gasteiger partial charge is 0.425 e. The molecule has 2 aromatic rings. The highest BCUT2D eigenvalue weighted by molar-refractivity contribution is 8.00. The maximum absolute atomic E-state index is 13.5. The van der Waals surface area contributed by atoms with E-state index < -0.39 is 62.6 Å².